The van der Waals surface area contributed by atoms with Crippen molar-refractivity contribution in [3.05, 3.63) is 0 Å². The van der Waals surface area contributed by atoms with Crippen LogP contribution in [0.15, 0.2) is 0 Å². The smallest absolute Gasteiger partial charge is 0.305 e. The van der Waals surface area contributed by atoms with Crippen molar-refractivity contribution in [1.82, 2.24) is 10.2 Å². The molecule has 0 radical (unpaired) electrons. The molecule has 1 atom stereocenters. The minimum absolute atomic E-state index is 0.0742. The summed E-state index contributed by atoms with van der Waals surface area (Å²) in [6, 6.07) is -0.0742. The Hall–Kier alpha value is -1.10. The number of hydrogen-bond donors (Lipinski definition) is 2. The molecule has 2 rings (SSSR count). The lowest BCUT2D eigenvalue weighted by molar-refractivity contribution is -0.141. The van der Waals surface area contributed by atoms with Gasteiger partial charge in [0, 0.05) is 18.5 Å². The Labute approximate surface area is 101 Å². The third-order valence-electron chi connectivity index (χ3n) is 3.76. The van der Waals surface area contributed by atoms with Crippen molar-refractivity contribution < 1.29 is 14.7 Å². The van der Waals surface area contributed by atoms with Crippen molar-refractivity contribution in [2.75, 3.05) is 19.6 Å². The molecule has 5 nitrogen and oxygen atoms in total. The lowest BCUT2D eigenvalue weighted by Crippen LogP contribution is -2.43. The average Bonchev–Trinajstić information content (AvgIpc) is 2.76. The van der Waals surface area contributed by atoms with E-state index >= 15 is 0 Å². The summed E-state index contributed by atoms with van der Waals surface area (Å²) in [5, 5.41) is 12.1. The molecule has 2 saturated heterocycles. The van der Waals surface area contributed by atoms with Crippen LogP contribution in [0.2, 0.25) is 0 Å². The van der Waals surface area contributed by atoms with Gasteiger partial charge in [0.05, 0.1) is 6.42 Å². The van der Waals surface area contributed by atoms with Gasteiger partial charge in [-0.3, -0.25) is 9.59 Å². The third-order valence-corrected chi connectivity index (χ3v) is 3.76. The molecule has 5 heteroatoms. The zero-order valence-electron chi connectivity index (χ0n) is 10.0. The summed E-state index contributed by atoms with van der Waals surface area (Å²) >= 11 is 0. The van der Waals surface area contributed by atoms with Gasteiger partial charge in [-0.05, 0) is 38.8 Å². The fraction of sp³-hybridized carbons (Fsp3) is 0.833. The molecule has 0 aromatic carbocycles. The molecule has 2 aliphatic heterocycles. The standard InChI is InChI=1S/C12H20N2O3/c15-11(16)8-10-2-1-7-14(10)12(17)9-3-5-13-6-4-9/h9-10,13H,1-8H2,(H,15,16). The van der Waals surface area contributed by atoms with Crippen molar-refractivity contribution in [3.8, 4) is 0 Å². The SMILES string of the molecule is O=C(O)CC1CCCN1C(=O)C1CCNCC1. The molecule has 0 spiro atoms. The van der Waals surface area contributed by atoms with Gasteiger partial charge in [-0.15, -0.1) is 0 Å². The quantitative estimate of drug-likeness (QED) is 0.751. The highest BCUT2D eigenvalue weighted by Gasteiger charge is 2.34. The molecule has 0 aliphatic carbocycles. The van der Waals surface area contributed by atoms with Crippen LogP contribution in [0.5, 0.6) is 0 Å². The van der Waals surface area contributed by atoms with Crippen LogP contribution in [0.1, 0.15) is 32.1 Å². The number of nitrogens with one attached hydrogen (secondary N) is 1. The van der Waals surface area contributed by atoms with Gasteiger partial charge in [0.2, 0.25) is 5.91 Å². The first-order valence-corrected chi connectivity index (χ1v) is 6.41. The summed E-state index contributed by atoms with van der Waals surface area (Å²) in [5.74, 6) is -0.527. The Morgan fingerprint density at radius 1 is 1.24 bits per heavy atom. The largest absolute Gasteiger partial charge is 0.481 e. The number of carbonyl (C=O) groups excluding carboxylic acids is 1. The summed E-state index contributed by atoms with van der Waals surface area (Å²) in [5.41, 5.74) is 0. The fourth-order valence-corrected chi connectivity index (χ4v) is 2.84. The Morgan fingerprint density at radius 2 is 1.94 bits per heavy atom. The molecule has 2 N–H and O–H groups in total. The van der Waals surface area contributed by atoms with E-state index in [1.807, 2.05) is 4.90 Å². The Morgan fingerprint density at radius 3 is 2.59 bits per heavy atom. The summed E-state index contributed by atoms with van der Waals surface area (Å²) in [7, 11) is 0. The predicted molar refractivity (Wildman–Crippen MR) is 62.6 cm³/mol. The van der Waals surface area contributed by atoms with Crippen molar-refractivity contribution in [1.29, 1.82) is 0 Å². The fourth-order valence-electron chi connectivity index (χ4n) is 2.84. The maximum absolute atomic E-state index is 12.3. The van der Waals surface area contributed by atoms with E-state index in [1.165, 1.54) is 0 Å². The third kappa shape index (κ3) is 2.97. The molecule has 0 aromatic heterocycles. The second-order valence-electron chi connectivity index (χ2n) is 4.95. The van der Waals surface area contributed by atoms with Crippen LogP contribution >= 0.6 is 0 Å². The molecule has 0 aromatic rings. The van der Waals surface area contributed by atoms with E-state index in [9.17, 15) is 9.59 Å². The number of piperidine rings is 1. The molecule has 2 heterocycles. The van der Waals surface area contributed by atoms with E-state index in [2.05, 4.69) is 5.32 Å². The van der Waals surface area contributed by atoms with E-state index in [0.29, 0.717) is 0 Å². The number of amides is 1. The monoisotopic (exact) mass is 240 g/mol. The Balaban J connectivity index is 1.94. The van der Waals surface area contributed by atoms with Crippen LogP contribution < -0.4 is 5.32 Å². The molecule has 96 valence electrons. The van der Waals surface area contributed by atoms with Crippen molar-refractivity contribution in [3.63, 3.8) is 0 Å². The first-order valence-electron chi connectivity index (χ1n) is 6.41. The zero-order chi connectivity index (χ0) is 12.3. The number of carboxylic acids is 1. The van der Waals surface area contributed by atoms with E-state index in [4.69, 9.17) is 5.11 Å². The molecule has 0 bridgehead atoms. The number of nitrogens with zero attached hydrogens (tertiary/aromatic N) is 1. The van der Waals surface area contributed by atoms with Gasteiger partial charge in [0.1, 0.15) is 0 Å². The topological polar surface area (TPSA) is 69.6 Å². The summed E-state index contributed by atoms with van der Waals surface area (Å²) < 4.78 is 0. The molecule has 2 aliphatic rings. The van der Waals surface area contributed by atoms with Gasteiger partial charge in [0.25, 0.3) is 0 Å². The number of carbonyl (C=O) groups is 2. The van der Waals surface area contributed by atoms with Crippen LogP contribution in [0.4, 0.5) is 0 Å². The van der Waals surface area contributed by atoms with E-state index in [1.54, 1.807) is 0 Å². The number of rotatable bonds is 3. The maximum atomic E-state index is 12.3. The highest BCUT2D eigenvalue weighted by atomic mass is 16.4. The second kappa shape index (κ2) is 5.49. The first kappa shape index (κ1) is 12.4. The Kier molecular flexibility index (Phi) is 3.99. The molecule has 1 unspecified atom stereocenters. The molecule has 2 fully saturated rings. The van der Waals surface area contributed by atoms with Gasteiger partial charge in [0.15, 0.2) is 0 Å². The van der Waals surface area contributed by atoms with E-state index in [-0.39, 0.29) is 24.3 Å². The van der Waals surface area contributed by atoms with Crippen molar-refractivity contribution in [2.45, 2.75) is 38.1 Å². The molecule has 0 saturated carbocycles. The predicted octanol–water partition coefficient (Wildman–Crippen LogP) is 0.452. The first-order chi connectivity index (χ1) is 8.18. The van der Waals surface area contributed by atoms with E-state index < -0.39 is 5.97 Å². The van der Waals surface area contributed by atoms with Crippen LogP contribution in [0.25, 0.3) is 0 Å². The minimum Gasteiger partial charge on any atom is -0.481 e. The number of carboxylic acid groups (broad SMARTS) is 1. The minimum atomic E-state index is -0.806. The van der Waals surface area contributed by atoms with Gasteiger partial charge >= 0.3 is 5.97 Å². The summed E-state index contributed by atoms with van der Waals surface area (Å²) in [4.78, 5) is 24.9. The average molecular weight is 240 g/mol. The van der Waals surface area contributed by atoms with Crippen molar-refractivity contribution in [2.24, 2.45) is 5.92 Å². The van der Waals surface area contributed by atoms with Gasteiger partial charge in [-0.25, -0.2) is 0 Å². The maximum Gasteiger partial charge on any atom is 0.305 e. The van der Waals surface area contributed by atoms with Crippen LogP contribution in [-0.4, -0.2) is 47.6 Å². The molecular formula is C12H20N2O3. The van der Waals surface area contributed by atoms with Gasteiger partial charge in [-0.1, -0.05) is 0 Å². The Bertz CT molecular complexity index is 300. The lowest BCUT2D eigenvalue weighted by Gasteiger charge is -2.30. The number of likely N-dealkylation sites (tertiary alicyclic amines) is 1. The number of hydrogen-bond acceptors (Lipinski definition) is 3. The van der Waals surface area contributed by atoms with Gasteiger partial charge < -0.3 is 15.3 Å². The van der Waals surface area contributed by atoms with Gasteiger partial charge in [-0.2, -0.15) is 0 Å². The zero-order valence-corrected chi connectivity index (χ0v) is 10.0. The highest BCUT2D eigenvalue weighted by molar-refractivity contribution is 5.80. The van der Waals surface area contributed by atoms with Crippen LogP contribution in [-0.2, 0) is 9.59 Å². The molecule has 1 amide bonds. The van der Waals surface area contributed by atoms with E-state index in [0.717, 1.165) is 45.3 Å². The van der Waals surface area contributed by atoms with Crippen molar-refractivity contribution >= 4 is 11.9 Å². The highest BCUT2D eigenvalue weighted by Crippen LogP contribution is 2.25. The molecular weight excluding hydrogens is 220 g/mol. The molecule has 17 heavy (non-hydrogen) atoms. The normalized spacial score (nSPS) is 26.1. The summed E-state index contributed by atoms with van der Waals surface area (Å²) in [6.45, 7) is 2.53. The van der Waals surface area contributed by atoms with Crippen LogP contribution in [0.3, 0.4) is 0 Å². The summed E-state index contributed by atoms with van der Waals surface area (Å²) in [6.07, 6.45) is 3.64. The lowest BCUT2D eigenvalue weighted by atomic mass is 9.96. The number of aliphatic carboxylic acids is 1. The van der Waals surface area contributed by atoms with Crippen LogP contribution in [0, 0.1) is 5.92 Å². The second-order valence-corrected chi connectivity index (χ2v) is 4.95.